The molecule has 1 unspecified atom stereocenters. The van der Waals surface area contributed by atoms with Crippen LogP contribution in [0.25, 0.3) is 0 Å². The number of phenolic OH excluding ortho intramolecular Hbond substituents is 2. The number of hydrogen-bond acceptors (Lipinski definition) is 2. The SMILES string of the molecule is CCC(CCCc1c(O)cccc1O)c1ccccc1. The van der Waals surface area contributed by atoms with Crippen LogP contribution in [0.5, 0.6) is 11.5 Å². The van der Waals surface area contributed by atoms with Crippen molar-refractivity contribution in [2.45, 2.75) is 38.5 Å². The molecule has 2 N–H and O–H groups in total. The lowest BCUT2D eigenvalue weighted by molar-refractivity contribution is 0.434. The second kappa shape index (κ2) is 6.99. The first kappa shape index (κ1) is 14.4. The highest BCUT2D eigenvalue weighted by Crippen LogP contribution is 2.30. The zero-order valence-corrected chi connectivity index (χ0v) is 11.9. The van der Waals surface area contributed by atoms with E-state index in [2.05, 4.69) is 31.2 Å². The summed E-state index contributed by atoms with van der Waals surface area (Å²) in [7, 11) is 0. The van der Waals surface area contributed by atoms with Crippen LogP contribution in [0.3, 0.4) is 0 Å². The van der Waals surface area contributed by atoms with Gasteiger partial charge in [-0.05, 0) is 49.3 Å². The molecular weight excluding hydrogens is 248 g/mol. The van der Waals surface area contributed by atoms with Gasteiger partial charge in [-0.2, -0.15) is 0 Å². The van der Waals surface area contributed by atoms with Crippen LogP contribution in [-0.2, 0) is 6.42 Å². The second-order valence-corrected chi connectivity index (χ2v) is 5.18. The molecule has 0 radical (unpaired) electrons. The molecule has 0 amide bonds. The first-order chi connectivity index (χ1) is 9.72. The third-order valence-electron chi connectivity index (χ3n) is 3.87. The molecule has 1 atom stereocenters. The van der Waals surface area contributed by atoms with Gasteiger partial charge in [0, 0.05) is 5.56 Å². The van der Waals surface area contributed by atoms with E-state index in [0.717, 1.165) is 19.3 Å². The van der Waals surface area contributed by atoms with Crippen molar-refractivity contribution in [2.75, 3.05) is 0 Å². The molecule has 0 heterocycles. The van der Waals surface area contributed by atoms with Crippen molar-refractivity contribution in [3.63, 3.8) is 0 Å². The third-order valence-corrected chi connectivity index (χ3v) is 3.87. The normalized spacial score (nSPS) is 12.2. The monoisotopic (exact) mass is 270 g/mol. The number of benzene rings is 2. The minimum absolute atomic E-state index is 0.192. The van der Waals surface area contributed by atoms with Crippen LogP contribution < -0.4 is 0 Å². The molecule has 2 heteroatoms. The Hall–Kier alpha value is -1.96. The second-order valence-electron chi connectivity index (χ2n) is 5.18. The van der Waals surface area contributed by atoms with Crippen molar-refractivity contribution < 1.29 is 10.2 Å². The summed E-state index contributed by atoms with van der Waals surface area (Å²) in [6.45, 7) is 2.20. The van der Waals surface area contributed by atoms with Gasteiger partial charge in [-0.25, -0.2) is 0 Å². The van der Waals surface area contributed by atoms with Crippen molar-refractivity contribution in [3.05, 3.63) is 59.7 Å². The van der Waals surface area contributed by atoms with E-state index in [-0.39, 0.29) is 11.5 Å². The molecule has 2 aromatic rings. The lowest BCUT2D eigenvalue weighted by Crippen LogP contribution is -1.98. The molecule has 0 bridgehead atoms. The van der Waals surface area contributed by atoms with Crippen molar-refractivity contribution >= 4 is 0 Å². The molecule has 0 aromatic heterocycles. The molecule has 20 heavy (non-hydrogen) atoms. The predicted octanol–water partition coefficient (Wildman–Crippen LogP) is 4.61. The molecule has 2 aromatic carbocycles. The largest absolute Gasteiger partial charge is 0.508 e. The standard InChI is InChI=1S/C18H22O2/c1-2-14(15-8-4-3-5-9-15)10-6-11-16-17(19)12-7-13-18(16)20/h3-5,7-9,12-14,19-20H,2,6,10-11H2,1H3. The molecular formula is C18H22O2. The Morgan fingerprint density at radius 3 is 2.15 bits per heavy atom. The maximum atomic E-state index is 9.77. The molecule has 2 nitrogen and oxygen atoms in total. The summed E-state index contributed by atoms with van der Waals surface area (Å²) in [5, 5.41) is 19.5. The van der Waals surface area contributed by atoms with Crippen LogP contribution >= 0.6 is 0 Å². The zero-order chi connectivity index (χ0) is 14.4. The molecule has 0 aliphatic carbocycles. The van der Waals surface area contributed by atoms with Gasteiger partial charge in [0.2, 0.25) is 0 Å². The van der Waals surface area contributed by atoms with Crippen molar-refractivity contribution in [2.24, 2.45) is 0 Å². The van der Waals surface area contributed by atoms with Gasteiger partial charge >= 0.3 is 0 Å². The average Bonchev–Trinajstić information content (AvgIpc) is 2.47. The zero-order valence-electron chi connectivity index (χ0n) is 11.9. The molecule has 0 aliphatic rings. The van der Waals surface area contributed by atoms with Crippen LogP contribution in [0.1, 0.15) is 43.2 Å². The summed E-state index contributed by atoms with van der Waals surface area (Å²) in [6.07, 6.45) is 3.84. The number of aromatic hydroxyl groups is 2. The number of hydrogen-bond donors (Lipinski definition) is 2. The fraction of sp³-hybridized carbons (Fsp3) is 0.333. The highest BCUT2D eigenvalue weighted by Gasteiger charge is 2.11. The fourth-order valence-corrected chi connectivity index (χ4v) is 2.68. The van der Waals surface area contributed by atoms with Crippen molar-refractivity contribution in [1.29, 1.82) is 0 Å². The Labute approximate surface area is 120 Å². The van der Waals surface area contributed by atoms with E-state index in [1.807, 2.05) is 6.07 Å². The molecule has 2 rings (SSSR count). The van der Waals surface area contributed by atoms with E-state index in [0.29, 0.717) is 17.9 Å². The Bertz CT molecular complexity index is 514. The van der Waals surface area contributed by atoms with Gasteiger partial charge in [-0.15, -0.1) is 0 Å². The lowest BCUT2D eigenvalue weighted by atomic mass is 9.90. The molecule has 0 saturated carbocycles. The maximum absolute atomic E-state index is 9.77. The van der Waals surface area contributed by atoms with E-state index >= 15 is 0 Å². The van der Waals surface area contributed by atoms with E-state index in [4.69, 9.17) is 0 Å². The summed E-state index contributed by atoms with van der Waals surface area (Å²) < 4.78 is 0. The van der Waals surface area contributed by atoms with Crippen LogP contribution in [0.4, 0.5) is 0 Å². The van der Waals surface area contributed by atoms with E-state index in [9.17, 15) is 10.2 Å². The Balaban J connectivity index is 1.95. The Morgan fingerprint density at radius 1 is 0.900 bits per heavy atom. The van der Waals surface area contributed by atoms with Gasteiger partial charge < -0.3 is 10.2 Å². The molecule has 106 valence electrons. The minimum Gasteiger partial charge on any atom is -0.508 e. The summed E-state index contributed by atoms with van der Waals surface area (Å²) in [4.78, 5) is 0. The first-order valence-electron chi connectivity index (χ1n) is 7.27. The lowest BCUT2D eigenvalue weighted by Gasteiger charge is -2.15. The van der Waals surface area contributed by atoms with Gasteiger partial charge in [0.15, 0.2) is 0 Å². The van der Waals surface area contributed by atoms with Gasteiger partial charge in [-0.3, -0.25) is 0 Å². The predicted molar refractivity (Wildman–Crippen MR) is 82.2 cm³/mol. The molecule has 0 spiro atoms. The maximum Gasteiger partial charge on any atom is 0.122 e. The van der Waals surface area contributed by atoms with E-state index in [1.54, 1.807) is 18.2 Å². The molecule has 0 saturated heterocycles. The third kappa shape index (κ3) is 3.53. The van der Waals surface area contributed by atoms with Crippen molar-refractivity contribution in [3.8, 4) is 11.5 Å². The first-order valence-corrected chi connectivity index (χ1v) is 7.27. The summed E-state index contributed by atoms with van der Waals surface area (Å²) >= 11 is 0. The molecule has 0 fully saturated rings. The minimum atomic E-state index is 0.192. The average molecular weight is 270 g/mol. The smallest absolute Gasteiger partial charge is 0.122 e. The summed E-state index contributed by atoms with van der Waals surface area (Å²) in [5.41, 5.74) is 2.03. The van der Waals surface area contributed by atoms with Crippen LogP contribution in [0.15, 0.2) is 48.5 Å². The highest BCUT2D eigenvalue weighted by molar-refractivity contribution is 5.42. The van der Waals surface area contributed by atoms with Gasteiger partial charge in [0.05, 0.1) is 0 Å². The quantitative estimate of drug-likeness (QED) is 0.804. The topological polar surface area (TPSA) is 40.5 Å². The van der Waals surface area contributed by atoms with Gasteiger partial charge in [0.1, 0.15) is 11.5 Å². The van der Waals surface area contributed by atoms with E-state index in [1.165, 1.54) is 5.56 Å². The van der Waals surface area contributed by atoms with E-state index < -0.39 is 0 Å². The summed E-state index contributed by atoms with van der Waals surface area (Å²) in [5.74, 6) is 0.930. The Kier molecular flexibility index (Phi) is 5.05. The highest BCUT2D eigenvalue weighted by atomic mass is 16.3. The Morgan fingerprint density at radius 2 is 1.55 bits per heavy atom. The van der Waals surface area contributed by atoms with Crippen molar-refractivity contribution in [1.82, 2.24) is 0 Å². The number of phenols is 2. The van der Waals surface area contributed by atoms with Crippen LogP contribution in [-0.4, -0.2) is 10.2 Å². The fourth-order valence-electron chi connectivity index (χ4n) is 2.68. The van der Waals surface area contributed by atoms with Gasteiger partial charge in [-0.1, -0.05) is 43.3 Å². The van der Waals surface area contributed by atoms with Gasteiger partial charge in [0.25, 0.3) is 0 Å². The number of rotatable bonds is 6. The van der Waals surface area contributed by atoms with Crippen LogP contribution in [0, 0.1) is 0 Å². The summed E-state index contributed by atoms with van der Waals surface area (Å²) in [6, 6.07) is 15.5. The van der Waals surface area contributed by atoms with Crippen LogP contribution in [0.2, 0.25) is 0 Å². The molecule has 0 aliphatic heterocycles.